The molecule has 6 heteroatoms. The number of amides is 1. The van der Waals surface area contributed by atoms with Crippen molar-refractivity contribution in [1.29, 1.82) is 0 Å². The molecule has 5 rings (SSSR count). The second kappa shape index (κ2) is 8.97. The van der Waals surface area contributed by atoms with E-state index in [4.69, 9.17) is 11.6 Å². The first-order valence-electron chi connectivity index (χ1n) is 10.7. The SMILES string of the molecule is O=C1c2c(Cl)cc(-c3cnn(Cc4cccnc4)c3)cc2CN1CCCc1ccccc1. The van der Waals surface area contributed by atoms with Crippen LogP contribution in [0.5, 0.6) is 0 Å². The topological polar surface area (TPSA) is 51.0 Å². The summed E-state index contributed by atoms with van der Waals surface area (Å²) in [7, 11) is 0. The van der Waals surface area contributed by atoms with Gasteiger partial charge < -0.3 is 4.90 Å². The summed E-state index contributed by atoms with van der Waals surface area (Å²) in [5.74, 6) is 0.0249. The molecule has 0 aliphatic carbocycles. The Morgan fingerprint density at radius 1 is 0.969 bits per heavy atom. The molecule has 0 saturated carbocycles. The van der Waals surface area contributed by atoms with Gasteiger partial charge in [-0.1, -0.05) is 48.0 Å². The van der Waals surface area contributed by atoms with Crippen molar-refractivity contribution in [3.8, 4) is 11.1 Å². The molecule has 32 heavy (non-hydrogen) atoms. The standard InChI is InChI=1S/C26H23ClN4O/c27-24-13-21(23-15-29-31(18-23)16-20-8-4-10-28-14-20)12-22-17-30(26(32)25(22)24)11-5-9-19-6-2-1-3-7-19/h1-4,6-8,10,12-15,18H,5,9,11,16-17H2. The number of nitrogens with zero attached hydrogens (tertiary/aromatic N) is 4. The van der Waals surface area contributed by atoms with E-state index in [9.17, 15) is 4.79 Å². The molecule has 1 aliphatic heterocycles. The number of pyridine rings is 1. The number of benzene rings is 2. The van der Waals surface area contributed by atoms with Crippen LogP contribution in [0.15, 0.2) is 79.4 Å². The summed E-state index contributed by atoms with van der Waals surface area (Å²) in [6.45, 7) is 1.97. The van der Waals surface area contributed by atoms with Crippen molar-refractivity contribution in [2.24, 2.45) is 0 Å². The molecule has 0 spiro atoms. The molecule has 0 saturated heterocycles. The third-order valence-corrected chi connectivity index (χ3v) is 6.10. The number of carbonyl (C=O) groups is 1. The summed E-state index contributed by atoms with van der Waals surface area (Å²) in [6, 6.07) is 18.3. The van der Waals surface area contributed by atoms with Gasteiger partial charge in [0, 0.05) is 37.2 Å². The minimum Gasteiger partial charge on any atom is -0.334 e. The van der Waals surface area contributed by atoms with Crippen molar-refractivity contribution in [1.82, 2.24) is 19.7 Å². The van der Waals surface area contributed by atoms with Gasteiger partial charge in [-0.05, 0) is 53.3 Å². The highest BCUT2D eigenvalue weighted by atomic mass is 35.5. The van der Waals surface area contributed by atoms with Gasteiger partial charge in [-0.3, -0.25) is 14.5 Å². The lowest BCUT2D eigenvalue weighted by atomic mass is 10.0. The molecule has 5 nitrogen and oxygen atoms in total. The molecule has 0 radical (unpaired) electrons. The van der Waals surface area contributed by atoms with Crippen LogP contribution in [0, 0.1) is 0 Å². The van der Waals surface area contributed by atoms with Crippen molar-refractivity contribution in [3.05, 3.63) is 107 Å². The van der Waals surface area contributed by atoms with E-state index in [1.54, 1.807) is 6.20 Å². The summed E-state index contributed by atoms with van der Waals surface area (Å²) in [4.78, 5) is 19.0. The molecular weight excluding hydrogens is 420 g/mol. The lowest BCUT2D eigenvalue weighted by Gasteiger charge is -2.15. The minimum absolute atomic E-state index is 0.0249. The van der Waals surface area contributed by atoms with Crippen molar-refractivity contribution in [3.63, 3.8) is 0 Å². The molecule has 0 N–H and O–H groups in total. The fourth-order valence-electron chi connectivity index (χ4n) is 4.21. The summed E-state index contributed by atoms with van der Waals surface area (Å²) in [5, 5.41) is 4.99. The number of rotatable bonds is 7. The second-order valence-electron chi connectivity index (χ2n) is 8.10. The van der Waals surface area contributed by atoms with E-state index in [1.807, 2.05) is 64.6 Å². The largest absolute Gasteiger partial charge is 0.334 e. The first-order valence-corrected chi connectivity index (χ1v) is 11.1. The number of aryl methyl sites for hydroxylation is 1. The van der Waals surface area contributed by atoms with Crippen LogP contribution in [-0.4, -0.2) is 32.1 Å². The number of fused-ring (bicyclic) bond motifs is 1. The molecule has 3 heterocycles. The Balaban J connectivity index is 1.29. The van der Waals surface area contributed by atoms with Gasteiger partial charge in [0.1, 0.15) is 0 Å². The van der Waals surface area contributed by atoms with Crippen LogP contribution in [0.4, 0.5) is 0 Å². The Kier molecular flexibility index (Phi) is 5.73. The average Bonchev–Trinajstić information content (AvgIpc) is 3.40. The first kappa shape index (κ1) is 20.5. The van der Waals surface area contributed by atoms with Gasteiger partial charge in [0.25, 0.3) is 5.91 Å². The molecule has 4 aromatic rings. The smallest absolute Gasteiger partial charge is 0.256 e. The number of halogens is 1. The molecule has 0 atom stereocenters. The highest BCUT2D eigenvalue weighted by Crippen LogP contribution is 2.34. The quantitative estimate of drug-likeness (QED) is 0.393. The third-order valence-electron chi connectivity index (χ3n) is 5.80. The molecular formula is C26H23ClN4O. The fraction of sp³-hybridized carbons (Fsp3) is 0.192. The third kappa shape index (κ3) is 4.30. The van der Waals surface area contributed by atoms with Crippen LogP contribution >= 0.6 is 11.6 Å². The molecule has 160 valence electrons. The van der Waals surface area contributed by atoms with Gasteiger partial charge in [0.15, 0.2) is 0 Å². The van der Waals surface area contributed by atoms with Gasteiger partial charge in [-0.2, -0.15) is 5.10 Å². The van der Waals surface area contributed by atoms with Crippen molar-refractivity contribution in [2.75, 3.05) is 6.54 Å². The Morgan fingerprint density at radius 2 is 1.81 bits per heavy atom. The van der Waals surface area contributed by atoms with Crippen LogP contribution in [0.25, 0.3) is 11.1 Å². The summed E-state index contributed by atoms with van der Waals surface area (Å²) >= 11 is 6.57. The first-order chi connectivity index (χ1) is 15.7. The molecule has 1 aliphatic rings. The van der Waals surface area contributed by atoms with Crippen LogP contribution in [0.2, 0.25) is 5.02 Å². The Morgan fingerprint density at radius 3 is 2.62 bits per heavy atom. The van der Waals surface area contributed by atoms with Crippen molar-refractivity contribution in [2.45, 2.75) is 25.9 Å². The molecule has 2 aromatic carbocycles. The van der Waals surface area contributed by atoms with Crippen LogP contribution in [0.1, 0.15) is 33.5 Å². The van der Waals surface area contributed by atoms with E-state index in [-0.39, 0.29) is 5.91 Å². The number of hydrogen-bond donors (Lipinski definition) is 0. The highest BCUT2D eigenvalue weighted by Gasteiger charge is 2.30. The van der Waals surface area contributed by atoms with E-state index < -0.39 is 0 Å². The molecule has 0 fully saturated rings. The average molecular weight is 443 g/mol. The minimum atomic E-state index is 0.0249. The maximum Gasteiger partial charge on any atom is 0.256 e. The van der Waals surface area contributed by atoms with E-state index in [0.717, 1.165) is 41.6 Å². The molecule has 1 amide bonds. The summed E-state index contributed by atoms with van der Waals surface area (Å²) in [6.07, 6.45) is 9.32. The van der Waals surface area contributed by atoms with E-state index in [2.05, 4.69) is 28.3 Å². The van der Waals surface area contributed by atoms with Gasteiger partial charge >= 0.3 is 0 Å². The lowest BCUT2D eigenvalue weighted by molar-refractivity contribution is 0.0777. The Labute approximate surface area is 192 Å². The molecule has 0 bridgehead atoms. The maximum atomic E-state index is 12.9. The predicted molar refractivity (Wildman–Crippen MR) is 126 cm³/mol. The Bertz CT molecular complexity index is 1240. The monoisotopic (exact) mass is 442 g/mol. The van der Waals surface area contributed by atoms with Crippen LogP contribution < -0.4 is 0 Å². The second-order valence-corrected chi connectivity index (χ2v) is 8.50. The van der Waals surface area contributed by atoms with Gasteiger partial charge in [0.2, 0.25) is 0 Å². The van der Waals surface area contributed by atoms with Crippen LogP contribution in [0.3, 0.4) is 0 Å². The molecule has 0 unspecified atom stereocenters. The zero-order valence-electron chi connectivity index (χ0n) is 17.6. The maximum absolute atomic E-state index is 12.9. The fourth-order valence-corrected chi connectivity index (χ4v) is 4.53. The van der Waals surface area contributed by atoms with E-state index in [1.165, 1.54) is 5.56 Å². The van der Waals surface area contributed by atoms with Gasteiger partial charge in [-0.15, -0.1) is 0 Å². The number of aromatic nitrogens is 3. The van der Waals surface area contributed by atoms with Gasteiger partial charge in [0.05, 0.1) is 23.3 Å². The van der Waals surface area contributed by atoms with Crippen molar-refractivity contribution < 1.29 is 4.79 Å². The Hall–Kier alpha value is -3.44. The lowest BCUT2D eigenvalue weighted by Crippen LogP contribution is -2.25. The number of hydrogen-bond acceptors (Lipinski definition) is 3. The van der Waals surface area contributed by atoms with E-state index >= 15 is 0 Å². The highest BCUT2D eigenvalue weighted by molar-refractivity contribution is 6.34. The van der Waals surface area contributed by atoms with Gasteiger partial charge in [-0.25, -0.2) is 0 Å². The van der Waals surface area contributed by atoms with Crippen LogP contribution in [-0.2, 0) is 19.5 Å². The normalized spacial score (nSPS) is 12.9. The van der Waals surface area contributed by atoms with E-state index in [0.29, 0.717) is 23.7 Å². The zero-order valence-corrected chi connectivity index (χ0v) is 18.4. The summed E-state index contributed by atoms with van der Waals surface area (Å²) in [5.41, 5.74) is 5.96. The predicted octanol–water partition coefficient (Wildman–Crippen LogP) is 5.24. The molecule has 2 aromatic heterocycles. The zero-order chi connectivity index (χ0) is 21.9. The summed E-state index contributed by atoms with van der Waals surface area (Å²) < 4.78 is 1.88. The van der Waals surface area contributed by atoms with Crippen molar-refractivity contribution >= 4 is 17.5 Å². The number of carbonyl (C=O) groups excluding carboxylic acids is 1.